The van der Waals surface area contributed by atoms with Gasteiger partial charge in [0.15, 0.2) is 6.04 Å². The third kappa shape index (κ3) is 3.01. The zero-order chi connectivity index (χ0) is 14.8. The van der Waals surface area contributed by atoms with Gasteiger partial charge in [-0.15, -0.1) is 0 Å². The predicted octanol–water partition coefficient (Wildman–Crippen LogP) is -0.204. The van der Waals surface area contributed by atoms with Crippen molar-refractivity contribution < 1.29 is 13.3 Å². The maximum Gasteiger partial charge on any atom is 0.243 e. The molecular formula is C14H20N3O2S+. The average Bonchev–Trinajstić information content (AvgIpc) is 2.47. The number of nitriles is 1. The molecule has 6 heteroatoms. The number of hydrogen-bond acceptors (Lipinski definition) is 3. The van der Waals surface area contributed by atoms with Gasteiger partial charge in [0, 0.05) is 6.92 Å². The Morgan fingerprint density at radius 1 is 1.25 bits per heavy atom. The molecule has 1 heterocycles. The smallest absolute Gasteiger partial charge is 0.243 e. The highest BCUT2D eigenvalue weighted by molar-refractivity contribution is 7.89. The van der Waals surface area contributed by atoms with E-state index in [0.29, 0.717) is 31.1 Å². The molecular weight excluding hydrogens is 274 g/mol. The second kappa shape index (κ2) is 5.92. The van der Waals surface area contributed by atoms with Gasteiger partial charge >= 0.3 is 0 Å². The molecule has 2 rings (SSSR count). The van der Waals surface area contributed by atoms with E-state index < -0.39 is 10.0 Å². The Hall–Kier alpha value is -1.42. The summed E-state index contributed by atoms with van der Waals surface area (Å²) in [5.41, 5.74) is 1.04. The summed E-state index contributed by atoms with van der Waals surface area (Å²) in [6.45, 7) is 6.11. The van der Waals surface area contributed by atoms with Crippen molar-refractivity contribution in [1.29, 1.82) is 5.26 Å². The molecule has 0 amide bonds. The fraction of sp³-hybridized carbons (Fsp3) is 0.500. The molecule has 0 spiro atoms. The van der Waals surface area contributed by atoms with E-state index in [0.717, 1.165) is 10.5 Å². The van der Waals surface area contributed by atoms with E-state index in [1.807, 2.05) is 26.0 Å². The zero-order valence-corrected chi connectivity index (χ0v) is 12.7. The molecule has 1 aromatic carbocycles. The van der Waals surface area contributed by atoms with E-state index in [9.17, 15) is 8.42 Å². The lowest BCUT2D eigenvalue weighted by Crippen LogP contribution is -3.17. The second-order valence-electron chi connectivity index (χ2n) is 5.23. The van der Waals surface area contributed by atoms with Gasteiger partial charge < -0.3 is 4.90 Å². The van der Waals surface area contributed by atoms with Crippen LogP contribution in [0.4, 0.5) is 0 Å². The van der Waals surface area contributed by atoms with Crippen LogP contribution in [0.25, 0.3) is 0 Å². The minimum absolute atomic E-state index is 0.0840. The van der Waals surface area contributed by atoms with Crippen molar-refractivity contribution in [3.8, 4) is 6.07 Å². The summed E-state index contributed by atoms with van der Waals surface area (Å²) in [6, 6.07) is 9.07. The summed E-state index contributed by atoms with van der Waals surface area (Å²) < 4.78 is 26.5. The highest BCUT2D eigenvalue weighted by Crippen LogP contribution is 2.16. The molecule has 5 nitrogen and oxygen atoms in total. The Labute approximate surface area is 120 Å². The quantitative estimate of drug-likeness (QED) is 0.839. The SMILES string of the molecule is Cc1ccc(S(=O)(=O)N2CC[NH+]([C@@H](C)C#N)CC2)cc1. The number of piperazine rings is 1. The van der Waals surface area contributed by atoms with Crippen LogP contribution >= 0.6 is 0 Å². The molecule has 0 radical (unpaired) electrons. The molecule has 0 aromatic heterocycles. The summed E-state index contributed by atoms with van der Waals surface area (Å²) in [5, 5.41) is 8.91. The van der Waals surface area contributed by atoms with Crippen LogP contribution in [0, 0.1) is 18.3 Å². The predicted molar refractivity (Wildman–Crippen MR) is 75.7 cm³/mol. The molecule has 0 unspecified atom stereocenters. The maximum absolute atomic E-state index is 12.5. The van der Waals surface area contributed by atoms with Gasteiger partial charge in [0.1, 0.15) is 6.07 Å². The second-order valence-corrected chi connectivity index (χ2v) is 7.16. The number of rotatable bonds is 3. The highest BCUT2D eigenvalue weighted by Gasteiger charge is 2.31. The van der Waals surface area contributed by atoms with Crippen molar-refractivity contribution in [2.75, 3.05) is 26.2 Å². The topological polar surface area (TPSA) is 65.6 Å². The Bertz CT molecular complexity index is 596. The number of nitrogens with zero attached hydrogens (tertiary/aromatic N) is 2. The van der Waals surface area contributed by atoms with Gasteiger partial charge in [-0.25, -0.2) is 8.42 Å². The maximum atomic E-state index is 12.5. The van der Waals surface area contributed by atoms with E-state index in [1.54, 1.807) is 12.1 Å². The lowest BCUT2D eigenvalue weighted by atomic mass is 10.2. The molecule has 1 fully saturated rings. The summed E-state index contributed by atoms with van der Waals surface area (Å²) in [6.07, 6.45) is 0. The fourth-order valence-electron chi connectivity index (χ4n) is 2.40. The number of nitrogens with one attached hydrogen (secondary N) is 1. The molecule has 1 saturated heterocycles. The zero-order valence-electron chi connectivity index (χ0n) is 11.8. The van der Waals surface area contributed by atoms with Crippen molar-refractivity contribution in [2.24, 2.45) is 0 Å². The van der Waals surface area contributed by atoms with Crippen molar-refractivity contribution in [3.63, 3.8) is 0 Å². The fourth-order valence-corrected chi connectivity index (χ4v) is 3.84. The Morgan fingerprint density at radius 3 is 2.30 bits per heavy atom. The minimum atomic E-state index is -3.40. The third-order valence-electron chi connectivity index (χ3n) is 3.83. The van der Waals surface area contributed by atoms with Gasteiger partial charge in [-0.3, -0.25) is 0 Å². The molecule has 108 valence electrons. The minimum Gasteiger partial charge on any atom is -0.319 e. The van der Waals surface area contributed by atoms with Gasteiger partial charge in [-0.1, -0.05) is 17.7 Å². The molecule has 20 heavy (non-hydrogen) atoms. The highest BCUT2D eigenvalue weighted by atomic mass is 32.2. The Balaban J connectivity index is 2.10. The van der Waals surface area contributed by atoms with Gasteiger partial charge in [0.25, 0.3) is 0 Å². The standard InChI is InChI=1S/C14H19N3O2S/c1-12-3-5-14(6-4-12)20(18,19)17-9-7-16(8-10-17)13(2)11-15/h3-6,13H,7-10H2,1-2H3/p+1/t13-/m0/s1. The average molecular weight is 294 g/mol. The van der Waals surface area contributed by atoms with Gasteiger partial charge in [-0.2, -0.15) is 9.57 Å². The molecule has 1 atom stereocenters. The van der Waals surface area contributed by atoms with Crippen molar-refractivity contribution >= 4 is 10.0 Å². The lowest BCUT2D eigenvalue weighted by molar-refractivity contribution is -0.918. The Morgan fingerprint density at radius 2 is 1.80 bits per heavy atom. The van der Waals surface area contributed by atoms with E-state index in [1.165, 1.54) is 4.31 Å². The lowest BCUT2D eigenvalue weighted by Gasteiger charge is -2.32. The van der Waals surface area contributed by atoms with Crippen LogP contribution < -0.4 is 4.90 Å². The first-order valence-corrected chi connectivity index (χ1v) is 8.20. The first-order valence-electron chi connectivity index (χ1n) is 6.76. The first-order chi connectivity index (χ1) is 9.45. The van der Waals surface area contributed by atoms with Gasteiger partial charge in [-0.05, 0) is 19.1 Å². The third-order valence-corrected chi connectivity index (χ3v) is 5.74. The molecule has 1 aromatic rings. The van der Waals surface area contributed by atoms with Crippen LogP contribution in [0.5, 0.6) is 0 Å². The Kier molecular flexibility index (Phi) is 4.43. The van der Waals surface area contributed by atoms with Crippen LogP contribution in [-0.4, -0.2) is 44.9 Å². The van der Waals surface area contributed by atoms with E-state index in [2.05, 4.69) is 6.07 Å². The van der Waals surface area contributed by atoms with Crippen molar-refractivity contribution in [2.45, 2.75) is 24.8 Å². The summed E-state index contributed by atoms with van der Waals surface area (Å²) in [4.78, 5) is 1.50. The van der Waals surface area contributed by atoms with Crippen LogP contribution in [0.3, 0.4) is 0 Å². The van der Waals surface area contributed by atoms with Crippen LogP contribution in [0.15, 0.2) is 29.2 Å². The molecule has 0 bridgehead atoms. The van der Waals surface area contributed by atoms with Gasteiger partial charge in [0.2, 0.25) is 10.0 Å². The number of sulfonamides is 1. The normalized spacial score (nSPS) is 19.4. The van der Waals surface area contributed by atoms with Gasteiger partial charge in [0.05, 0.1) is 31.1 Å². The van der Waals surface area contributed by atoms with E-state index in [-0.39, 0.29) is 6.04 Å². The molecule has 0 aliphatic carbocycles. The van der Waals surface area contributed by atoms with E-state index >= 15 is 0 Å². The number of quaternary nitrogens is 1. The van der Waals surface area contributed by atoms with Crippen molar-refractivity contribution in [3.05, 3.63) is 29.8 Å². The summed E-state index contributed by atoms with van der Waals surface area (Å²) in [5.74, 6) is 0. The van der Waals surface area contributed by atoms with Crippen molar-refractivity contribution in [1.82, 2.24) is 4.31 Å². The molecule has 1 aliphatic heterocycles. The molecule has 1 N–H and O–H groups in total. The first kappa shape index (κ1) is 15.0. The number of hydrogen-bond donors (Lipinski definition) is 1. The molecule has 1 aliphatic rings. The summed E-state index contributed by atoms with van der Waals surface area (Å²) >= 11 is 0. The van der Waals surface area contributed by atoms with Crippen LogP contribution in [0.1, 0.15) is 12.5 Å². The van der Waals surface area contributed by atoms with E-state index in [4.69, 9.17) is 5.26 Å². The van der Waals surface area contributed by atoms with Crippen LogP contribution in [-0.2, 0) is 10.0 Å². The monoisotopic (exact) mass is 294 g/mol. The largest absolute Gasteiger partial charge is 0.319 e. The van der Waals surface area contributed by atoms with Crippen LogP contribution in [0.2, 0.25) is 0 Å². The molecule has 0 saturated carbocycles. The summed E-state index contributed by atoms with van der Waals surface area (Å²) in [7, 11) is -3.40. The number of benzene rings is 1. The number of aryl methyl sites for hydroxylation is 1.